The molecular formula is C27H44Cl2N2O4. The van der Waals surface area contributed by atoms with E-state index in [0.717, 1.165) is 37.9 Å². The third-order valence-corrected chi connectivity index (χ3v) is 7.57. The van der Waals surface area contributed by atoms with Gasteiger partial charge in [0.25, 0.3) is 0 Å². The van der Waals surface area contributed by atoms with Gasteiger partial charge < -0.3 is 25.2 Å². The Morgan fingerprint density at radius 1 is 1.06 bits per heavy atom. The fraction of sp³-hybridized carbons (Fsp3) is 0.741. The van der Waals surface area contributed by atoms with Crippen molar-refractivity contribution in [1.82, 2.24) is 4.90 Å². The third kappa shape index (κ3) is 9.22. The Hall–Kier alpha value is -1.37. The molecule has 8 heteroatoms. The first-order valence-electron chi connectivity index (χ1n) is 13.3. The molecule has 0 aromatic heterocycles. The van der Waals surface area contributed by atoms with Gasteiger partial charge in [-0.2, -0.15) is 0 Å². The van der Waals surface area contributed by atoms with Gasteiger partial charge in [0, 0.05) is 0 Å². The zero-order valence-electron chi connectivity index (χ0n) is 21.2. The van der Waals surface area contributed by atoms with E-state index < -0.39 is 12.1 Å². The van der Waals surface area contributed by atoms with Crippen LogP contribution in [0.5, 0.6) is 11.5 Å². The largest absolute Gasteiger partial charge is 0.485 e. The lowest BCUT2D eigenvalue weighted by Crippen LogP contribution is -2.37. The molecule has 1 aromatic carbocycles. The molecule has 0 bridgehead atoms. The Morgan fingerprint density at radius 3 is 2.26 bits per heavy atom. The number of fused-ring (bicyclic) bond motifs is 1. The number of nitrogens with two attached hydrogens (primary N) is 1. The van der Waals surface area contributed by atoms with E-state index in [-0.39, 0.29) is 30.5 Å². The monoisotopic (exact) mass is 530 g/mol. The quantitative estimate of drug-likeness (QED) is 0.204. The van der Waals surface area contributed by atoms with Crippen LogP contribution in [0.3, 0.4) is 0 Å². The van der Waals surface area contributed by atoms with Crippen molar-refractivity contribution in [2.75, 3.05) is 32.0 Å². The summed E-state index contributed by atoms with van der Waals surface area (Å²) in [5.74, 6) is 0.321. The number of benzene rings is 1. The van der Waals surface area contributed by atoms with Crippen molar-refractivity contribution >= 4 is 35.7 Å². The van der Waals surface area contributed by atoms with Gasteiger partial charge in [-0.25, -0.2) is 4.79 Å². The second-order valence-corrected chi connectivity index (χ2v) is 10.4. The Morgan fingerprint density at radius 2 is 1.66 bits per heavy atom. The summed E-state index contributed by atoms with van der Waals surface area (Å²) in [4.78, 5) is 13.9. The van der Waals surface area contributed by atoms with Crippen LogP contribution in [0, 0.1) is 5.92 Å². The lowest BCUT2D eigenvalue weighted by Gasteiger charge is -2.33. The minimum absolute atomic E-state index is 0. The molecule has 2 aliphatic rings. The van der Waals surface area contributed by atoms with Gasteiger partial charge in [-0.1, -0.05) is 76.3 Å². The van der Waals surface area contributed by atoms with Crippen LogP contribution in [-0.2, 0) is 11.2 Å². The number of carbonyl (C=O) groups is 1. The van der Waals surface area contributed by atoms with E-state index in [1.807, 2.05) is 6.07 Å². The van der Waals surface area contributed by atoms with Crippen molar-refractivity contribution in [3.63, 3.8) is 0 Å². The van der Waals surface area contributed by atoms with Gasteiger partial charge in [0.05, 0.1) is 10.7 Å². The fourth-order valence-corrected chi connectivity index (χ4v) is 5.32. The molecule has 35 heavy (non-hydrogen) atoms. The Labute approximate surface area is 222 Å². The van der Waals surface area contributed by atoms with Crippen molar-refractivity contribution in [3.05, 3.63) is 16.7 Å². The van der Waals surface area contributed by atoms with Gasteiger partial charge in [-0.3, -0.25) is 0 Å². The number of carboxylic acids is 1. The Kier molecular flexibility index (Phi) is 13.4. The van der Waals surface area contributed by atoms with E-state index in [0.29, 0.717) is 16.7 Å². The first kappa shape index (κ1) is 29.9. The number of piperidine rings is 1. The van der Waals surface area contributed by atoms with Crippen LogP contribution in [-0.4, -0.2) is 48.3 Å². The summed E-state index contributed by atoms with van der Waals surface area (Å²) in [6, 6.07) is 1.86. The van der Waals surface area contributed by atoms with Gasteiger partial charge >= 0.3 is 5.97 Å². The molecule has 0 radical (unpaired) electrons. The molecule has 0 aliphatic carbocycles. The van der Waals surface area contributed by atoms with E-state index in [4.69, 9.17) is 26.8 Å². The highest BCUT2D eigenvalue weighted by atomic mass is 35.5. The van der Waals surface area contributed by atoms with Crippen LogP contribution >= 0.6 is 24.0 Å². The van der Waals surface area contributed by atoms with Gasteiger partial charge in [-0.15, -0.1) is 12.4 Å². The number of nitrogen functional groups attached to an aromatic ring is 1. The summed E-state index contributed by atoms with van der Waals surface area (Å²) >= 11 is 6.33. The molecule has 3 N–H and O–H groups in total. The van der Waals surface area contributed by atoms with Crippen molar-refractivity contribution in [2.24, 2.45) is 5.92 Å². The zero-order chi connectivity index (χ0) is 24.3. The van der Waals surface area contributed by atoms with Gasteiger partial charge in [0.15, 0.2) is 11.5 Å². The number of unbranched alkanes of at least 4 members (excludes halogenated alkanes) is 9. The molecule has 1 aromatic rings. The van der Waals surface area contributed by atoms with Crippen LogP contribution in [0.15, 0.2) is 6.07 Å². The summed E-state index contributed by atoms with van der Waals surface area (Å²) in [5, 5.41) is 9.64. The number of nitrogens with zero attached hydrogens (tertiary/aromatic N) is 1. The predicted molar refractivity (Wildman–Crippen MR) is 145 cm³/mol. The third-order valence-electron chi connectivity index (χ3n) is 7.26. The number of halogens is 2. The first-order valence-corrected chi connectivity index (χ1v) is 13.7. The topological polar surface area (TPSA) is 85.0 Å². The van der Waals surface area contributed by atoms with Crippen LogP contribution < -0.4 is 15.2 Å². The van der Waals surface area contributed by atoms with Crippen molar-refractivity contribution in [2.45, 2.75) is 96.5 Å². The zero-order valence-corrected chi connectivity index (χ0v) is 22.8. The van der Waals surface area contributed by atoms with Crippen molar-refractivity contribution in [3.8, 4) is 11.5 Å². The first-order chi connectivity index (χ1) is 16.5. The molecular weight excluding hydrogens is 487 g/mol. The van der Waals surface area contributed by atoms with Crippen LogP contribution in [0.4, 0.5) is 5.69 Å². The fourth-order valence-electron chi connectivity index (χ4n) is 5.10. The number of hydrogen-bond acceptors (Lipinski definition) is 5. The smallest absolute Gasteiger partial charge is 0.348 e. The van der Waals surface area contributed by atoms with Gasteiger partial charge in [0.1, 0.15) is 6.61 Å². The summed E-state index contributed by atoms with van der Waals surface area (Å²) in [7, 11) is 0. The van der Waals surface area contributed by atoms with Gasteiger partial charge in [-0.05, 0) is 62.9 Å². The maximum Gasteiger partial charge on any atom is 0.348 e. The van der Waals surface area contributed by atoms with E-state index >= 15 is 0 Å². The Bertz CT molecular complexity index is 785. The molecule has 6 nitrogen and oxygen atoms in total. The van der Waals surface area contributed by atoms with Crippen LogP contribution in [0.2, 0.25) is 5.02 Å². The molecule has 2 heterocycles. The predicted octanol–water partition coefficient (Wildman–Crippen LogP) is 6.74. The molecule has 3 rings (SSSR count). The highest BCUT2D eigenvalue weighted by molar-refractivity contribution is 6.33. The molecule has 1 unspecified atom stereocenters. The summed E-state index contributed by atoms with van der Waals surface area (Å²) in [5.41, 5.74) is 7.27. The lowest BCUT2D eigenvalue weighted by atomic mass is 9.89. The molecule has 200 valence electrons. The number of ether oxygens (including phenoxy) is 2. The number of carboxylic acid groups (broad SMARTS) is 1. The van der Waals surface area contributed by atoms with Crippen molar-refractivity contribution < 1.29 is 19.4 Å². The number of rotatable bonds is 14. The van der Waals surface area contributed by atoms with E-state index in [1.165, 1.54) is 70.8 Å². The number of hydrogen-bond donors (Lipinski definition) is 2. The molecule has 2 aliphatic heterocycles. The maximum atomic E-state index is 11.3. The summed E-state index contributed by atoms with van der Waals surface area (Å²) in [6.07, 6.45) is 15.8. The molecule has 0 amide bonds. The molecule has 0 spiro atoms. The van der Waals surface area contributed by atoms with E-state index in [2.05, 4.69) is 11.8 Å². The van der Waals surface area contributed by atoms with Crippen molar-refractivity contribution in [1.29, 1.82) is 0 Å². The van der Waals surface area contributed by atoms with E-state index in [1.54, 1.807) is 0 Å². The molecule has 1 fully saturated rings. The number of aliphatic carboxylic acids is 1. The average Bonchev–Trinajstić information content (AvgIpc) is 2.84. The second kappa shape index (κ2) is 15.7. The van der Waals surface area contributed by atoms with Crippen LogP contribution in [0.25, 0.3) is 0 Å². The minimum atomic E-state index is -1.07. The highest BCUT2D eigenvalue weighted by Crippen LogP contribution is 2.45. The number of anilines is 1. The second-order valence-electron chi connectivity index (χ2n) is 10.0. The molecule has 1 atom stereocenters. The number of likely N-dealkylation sites (tertiary alicyclic amines) is 1. The lowest BCUT2D eigenvalue weighted by molar-refractivity contribution is -0.147. The standard InChI is InChI=1S/C27H43ClN2O4.ClH/c1-2-3-4-5-6-7-8-9-10-11-14-30-15-12-20(13-16-30)17-21-18-22(28)24(29)26-25(21)33-19-23(34-26)27(31)32;/h18,20,23H,2-17,19,29H2,1H3,(H,31,32);1H. The SMILES string of the molecule is CCCCCCCCCCCCN1CCC(Cc2cc(Cl)c(N)c3c2OCC(C(=O)O)O3)CC1.Cl. The average molecular weight is 532 g/mol. The molecule has 1 saturated heterocycles. The normalized spacial score (nSPS) is 18.3. The minimum Gasteiger partial charge on any atom is -0.485 e. The summed E-state index contributed by atoms with van der Waals surface area (Å²) < 4.78 is 11.4. The molecule has 0 saturated carbocycles. The maximum absolute atomic E-state index is 11.3. The highest BCUT2D eigenvalue weighted by Gasteiger charge is 2.32. The summed E-state index contributed by atoms with van der Waals surface area (Å²) in [6.45, 7) is 5.72. The Balaban J connectivity index is 0.00000432. The van der Waals surface area contributed by atoms with Gasteiger partial charge in [0.2, 0.25) is 6.10 Å². The van der Waals surface area contributed by atoms with Crippen LogP contribution in [0.1, 0.15) is 89.5 Å². The van der Waals surface area contributed by atoms with E-state index in [9.17, 15) is 9.90 Å².